The Kier molecular flexibility index (Phi) is 7.30. The SMILES string of the molecule is CCCN(CC(F)(F)F)C1CC(CC)CCC1NCC. The lowest BCUT2D eigenvalue weighted by Gasteiger charge is -2.43. The van der Waals surface area contributed by atoms with E-state index in [0.29, 0.717) is 12.5 Å². The van der Waals surface area contributed by atoms with Gasteiger partial charge in [-0.1, -0.05) is 27.2 Å². The van der Waals surface area contributed by atoms with Gasteiger partial charge in [0.05, 0.1) is 6.54 Å². The van der Waals surface area contributed by atoms with E-state index < -0.39 is 12.7 Å². The molecule has 3 unspecified atom stereocenters. The summed E-state index contributed by atoms with van der Waals surface area (Å²) in [6.45, 7) is 6.70. The molecular formula is C15H29F3N2. The van der Waals surface area contributed by atoms with Gasteiger partial charge < -0.3 is 5.32 Å². The van der Waals surface area contributed by atoms with Crippen LogP contribution in [0.25, 0.3) is 0 Å². The number of nitrogens with one attached hydrogen (secondary N) is 1. The number of likely N-dealkylation sites (N-methyl/N-ethyl adjacent to an activating group) is 1. The van der Waals surface area contributed by atoms with E-state index in [1.165, 1.54) is 0 Å². The summed E-state index contributed by atoms with van der Waals surface area (Å²) in [5.41, 5.74) is 0. The Morgan fingerprint density at radius 3 is 2.35 bits per heavy atom. The lowest BCUT2D eigenvalue weighted by Crippen LogP contribution is -2.55. The van der Waals surface area contributed by atoms with E-state index in [4.69, 9.17) is 0 Å². The highest BCUT2D eigenvalue weighted by Crippen LogP contribution is 2.32. The van der Waals surface area contributed by atoms with Crippen LogP contribution in [0.5, 0.6) is 0 Å². The maximum absolute atomic E-state index is 12.8. The first-order chi connectivity index (χ1) is 9.41. The van der Waals surface area contributed by atoms with E-state index in [2.05, 4.69) is 12.2 Å². The molecule has 3 atom stereocenters. The number of alkyl halides is 3. The van der Waals surface area contributed by atoms with Gasteiger partial charge in [0.15, 0.2) is 0 Å². The fraction of sp³-hybridized carbons (Fsp3) is 1.00. The lowest BCUT2D eigenvalue weighted by atomic mass is 9.80. The molecule has 1 rings (SSSR count). The van der Waals surface area contributed by atoms with Crippen LogP contribution in [0.15, 0.2) is 0 Å². The third-order valence-corrected chi connectivity index (χ3v) is 4.33. The second-order valence-electron chi connectivity index (χ2n) is 5.90. The highest BCUT2D eigenvalue weighted by atomic mass is 19.4. The zero-order valence-electron chi connectivity index (χ0n) is 13.0. The summed E-state index contributed by atoms with van der Waals surface area (Å²) >= 11 is 0. The Morgan fingerprint density at radius 2 is 1.85 bits per heavy atom. The first kappa shape index (κ1) is 17.8. The summed E-state index contributed by atoms with van der Waals surface area (Å²) in [7, 11) is 0. The van der Waals surface area contributed by atoms with Crippen molar-refractivity contribution in [1.29, 1.82) is 0 Å². The molecule has 0 radical (unpaired) electrons. The molecule has 1 saturated carbocycles. The van der Waals surface area contributed by atoms with Gasteiger partial charge in [0.25, 0.3) is 0 Å². The molecule has 0 saturated heterocycles. The number of hydrogen-bond donors (Lipinski definition) is 1. The van der Waals surface area contributed by atoms with E-state index in [9.17, 15) is 13.2 Å². The second-order valence-corrected chi connectivity index (χ2v) is 5.90. The van der Waals surface area contributed by atoms with Crippen molar-refractivity contribution >= 4 is 0 Å². The molecule has 0 aliphatic heterocycles. The minimum absolute atomic E-state index is 0.0234. The highest BCUT2D eigenvalue weighted by molar-refractivity contribution is 4.91. The Balaban J connectivity index is 2.79. The molecule has 0 spiro atoms. The normalized spacial score (nSPS) is 28.1. The predicted octanol–water partition coefficient (Wildman–Crippen LogP) is 3.82. The van der Waals surface area contributed by atoms with Crippen LogP contribution in [0.2, 0.25) is 0 Å². The summed E-state index contributed by atoms with van der Waals surface area (Å²) in [6, 6.07) is 0.229. The molecule has 1 aliphatic carbocycles. The van der Waals surface area contributed by atoms with Crippen LogP contribution in [0.3, 0.4) is 0 Å². The minimum Gasteiger partial charge on any atom is -0.313 e. The van der Waals surface area contributed by atoms with Gasteiger partial charge in [-0.3, -0.25) is 4.90 Å². The topological polar surface area (TPSA) is 15.3 Å². The van der Waals surface area contributed by atoms with Crippen LogP contribution in [0.1, 0.15) is 52.9 Å². The molecule has 0 aromatic rings. The van der Waals surface area contributed by atoms with Crippen molar-refractivity contribution < 1.29 is 13.2 Å². The Morgan fingerprint density at radius 1 is 1.15 bits per heavy atom. The molecule has 1 aliphatic rings. The maximum atomic E-state index is 12.8. The first-order valence-corrected chi connectivity index (χ1v) is 7.95. The molecule has 0 heterocycles. The van der Waals surface area contributed by atoms with Gasteiger partial charge in [0.1, 0.15) is 0 Å². The maximum Gasteiger partial charge on any atom is 0.401 e. The molecule has 0 amide bonds. The smallest absolute Gasteiger partial charge is 0.313 e. The third kappa shape index (κ3) is 5.60. The third-order valence-electron chi connectivity index (χ3n) is 4.33. The summed E-state index contributed by atoms with van der Waals surface area (Å²) in [5, 5.41) is 3.39. The number of rotatable bonds is 7. The average Bonchev–Trinajstić information content (AvgIpc) is 2.37. The largest absolute Gasteiger partial charge is 0.401 e. The van der Waals surface area contributed by atoms with Crippen molar-refractivity contribution in [3.8, 4) is 0 Å². The molecular weight excluding hydrogens is 265 g/mol. The van der Waals surface area contributed by atoms with E-state index >= 15 is 0 Å². The molecule has 1 fully saturated rings. The highest BCUT2D eigenvalue weighted by Gasteiger charge is 2.38. The van der Waals surface area contributed by atoms with Crippen molar-refractivity contribution in [3.63, 3.8) is 0 Å². The van der Waals surface area contributed by atoms with Crippen molar-refractivity contribution in [1.82, 2.24) is 10.2 Å². The fourth-order valence-electron chi connectivity index (χ4n) is 3.39. The van der Waals surface area contributed by atoms with Crippen LogP contribution in [0.4, 0.5) is 13.2 Å². The van der Waals surface area contributed by atoms with Crippen molar-refractivity contribution in [3.05, 3.63) is 0 Å². The standard InChI is InChI=1S/C15H29F3N2/c1-4-9-20(11-15(16,17)18)14-10-12(5-2)7-8-13(14)19-6-3/h12-14,19H,4-11H2,1-3H3. The van der Waals surface area contributed by atoms with Gasteiger partial charge in [-0.05, 0) is 44.7 Å². The van der Waals surface area contributed by atoms with Crippen molar-refractivity contribution in [2.75, 3.05) is 19.6 Å². The summed E-state index contributed by atoms with van der Waals surface area (Å²) in [4.78, 5) is 1.66. The zero-order chi connectivity index (χ0) is 15.2. The Labute approximate surface area is 121 Å². The predicted molar refractivity (Wildman–Crippen MR) is 76.8 cm³/mol. The average molecular weight is 294 g/mol. The van der Waals surface area contributed by atoms with Gasteiger partial charge in [0, 0.05) is 12.1 Å². The molecule has 1 N–H and O–H groups in total. The van der Waals surface area contributed by atoms with Crippen molar-refractivity contribution in [2.45, 2.75) is 71.1 Å². The Bertz CT molecular complexity index is 268. The second kappa shape index (κ2) is 8.23. The molecule has 120 valence electrons. The number of hydrogen-bond acceptors (Lipinski definition) is 2. The van der Waals surface area contributed by atoms with Crippen LogP contribution in [-0.4, -0.2) is 42.8 Å². The number of halogens is 3. The van der Waals surface area contributed by atoms with Gasteiger partial charge in [-0.2, -0.15) is 13.2 Å². The van der Waals surface area contributed by atoms with Crippen LogP contribution in [0, 0.1) is 5.92 Å². The van der Waals surface area contributed by atoms with E-state index in [1.54, 1.807) is 4.90 Å². The van der Waals surface area contributed by atoms with Gasteiger partial charge in [0.2, 0.25) is 0 Å². The van der Waals surface area contributed by atoms with Crippen molar-refractivity contribution in [2.24, 2.45) is 5.92 Å². The van der Waals surface area contributed by atoms with E-state index in [0.717, 1.165) is 38.6 Å². The van der Waals surface area contributed by atoms with Crippen LogP contribution in [-0.2, 0) is 0 Å². The first-order valence-electron chi connectivity index (χ1n) is 7.95. The quantitative estimate of drug-likeness (QED) is 0.768. The van der Waals surface area contributed by atoms with Gasteiger partial charge >= 0.3 is 6.18 Å². The summed E-state index contributed by atoms with van der Waals surface area (Å²) < 4.78 is 38.4. The van der Waals surface area contributed by atoms with Gasteiger partial charge in [-0.25, -0.2) is 0 Å². The Hall–Kier alpha value is -0.290. The monoisotopic (exact) mass is 294 g/mol. The van der Waals surface area contributed by atoms with Gasteiger partial charge in [-0.15, -0.1) is 0 Å². The zero-order valence-corrected chi connectivity index (χ0v) is 13.0. The van der Waals surface area contributed by atoms with E-state index in [-0.39, 0.29) is 12.1 Å². The van der Waals surface area contributed by atoms with Crippen LogP contribution < -0.4 is 5.32 Å². The lowest BCUT2D eigenvalue weighted by molar-refractivity contribution is -0.154. The molecule has 5 heteroatoms. The fourth-order valence-corrected chi connectivity index (χ4v) is 3.39. The molecule has 0 bridgehead atoms. The van der Waals surface area contributed by atoms with Crippen LogP contribution >= 0.6 is 0 Å². The summed E-state index contributed by atoms with van der Waals surface area (Å²) in [6.07, 6.45) is 0.755. The molecule has 0 aromatic heterocycles. The molecule has 20 heavy (non-hydrogen) atoms. The molecule has 0 aromatic carbocycles. The minimum atomic E-state index is -4.11. The number of nitrogens with zero attached hydrogens (tertiary/aromatic N) is 1. The summed E-state index contributed by atoms with van der Waals surface area (Å²) in [5.74, 6) is 0.572. The molecule has 2 nitrogen and oxygen atoms in total. The van der Waals surface area contributed by atoms with E-state index in [1.807, 2.05) is 13.8 Å².